The number of aliphatic imine (C=N–C) groups is 1. The summed E-state index contributed by atoms with van der Waals surface area (Å²) in [5.74, 6) is 2.21. The fourth-order valence-electron chi connectivity index (χ4n) is 2.38. The zero-order valence-electron chi connectivity index (χ0n) is 15.1. The van der Waals surface area contributed by atoms with Crippen LogP contribution in [0.5, 0.6) is 5.75 Å². The molecule has 0 bridgehead atoms. The summed E-state index contributed by atoms with van der Waals surface area (Å²) in [6, 6.07) is 10.4. The van der Waals surface area contributed by atoms with Crippen molar-refractivity contribution in [3.8, 4) is 5.75 Å². The van der Waals surface area contributed by atoms with Crippen molar-refractivity contribution in [2.75, 3.05) is 26.7 Å². The summed E-state index contributed by atoms with van der Waals surface area (Å²) in [4.78, 5) is 4.71. The van der Waals surface area contributed by atoms with Crippen LogP contribution in [0.3, 0.4) is 0 Å². The Labute approximate surface area is 172 Å². The molecule has 4 nitrogen and oxygen atoms in total. The van der Waals surface area contributed by atoms with Crippen LogP contribution >= 0.6 is 35.3 Å². The first kappa shape index (κ1) is 21.8. The maximum atomic E-state index is 5.27. The lowest BCUT2D eigenvalue weighted by molar-refractivity contribution is 0.414. The lowest BCUT2D eigenvalue weighted by Gasteiger charge is -2.13. The van der Waals surface area contributed by atoms with Gasteiger partial charge in [-0.15, -0.1) is 24.0 Å². The summed E-state index contributed by atoms with van der Waals surface area (Å²) in [5.41, 5.74) is 2.61. The van der Waals surface area contributed by atoms with E-state index in [1.54, 1.807) is 18.4 Å². The van der Waals surface area contributed by atoms with Crippen LogP contribution in [0.2, 0.25) is 0 Å². The maximum absolute atomic E-state index is 5.27. The Balaban J connectivity index is 0.00000312. The number of rotatable bonds is 8. The van der Waals surface area contributed by atoms with Crippen molar-refractivity contribution in [2.45, 2.75) is 26.2 Å². The molecule has 0 spiro atoms. The van der Waals surface area contributed by atoms with E-state index in [-0.39, 0.29) is 24.0 Å². The van der Waals surface area contributed by atoms with Crippen LogP contribution in [0, 0.1) is 0 Å². The monoisotopic (exact) mass is 473 g/mol. The van der Waals surface area contributed by atoms with Crippen LogP contribution < -0.4 is 15.4 Å². The fraction of sp³-hybridized carbons (Fsp3) is 0.421. The average Bonchev–Trinajstić information content (AvgIpc) is 3.14. The number of guanidine groups is 1. The molecule has 2 N–H and O–H groups in total. The summed E-state index contributed by atoms with van der Waals surface area (Å²) in [6.07, 6.45) is 0.932. The number of hydrogen-bond donors (Lipinski definition) is 2. The molecule has 25 heavy (non-hydrogen) atoms. The van der Waals surface area contributed by atoms with Crippen LogP contribution in [0.25, 0.3) is 0 Å². The molecule has 1 unspecified atom stereocenters. The molecular formula is C19H28IN3OS. The van der Waals surface area contributed by atoms with Gasteiger partial charge in [-0.1, -0.05) is 19.1 Å². The second-order valence-electron chi connectivity index (χ2n) is 5.71. The van der Waals surface area contributed by atoms with Crippen molar-refractivity contribution in [1.82, 2.24) is 10.6 Å². The molecule has 1 aromatic heterocycles. The largest absolute Gasteiger partial charge is 0.497 e. The number of thiophene rings is 1. The van der Waals surface area contributed by atoms with Gasteiger partial charge in [0, 0.05) is 25.6 Å². The topological polar surface area (TPSA) is 45.7 Å². The van der Waals surface area contributed by atoms with E-state index in [9.17, 15) is 0 Å². The summed E-state index contributed by atoms with van der Waals surface area (Å²) in [5, 5.41) is 11.0. The van der Waals surface area contributed by atoms with Gasteiger partial charge in [0.25, 0.3) is 0 Å². The summed E-state index contributed by atoms with van der Waals surface area (Å²) in [6.45, 7) is 6.78. The second-order valence-corrected chi connectivity index (χ2v) is 6.49. The number of nitrogens with one attached hydrogen (secondary N) is 2. The molecule has 0 aliphatic heterocycles. The van der Waals surface area contributed by atoms with E-state index >= 15 is 0 Å². The van der Waals surface area contributed by atoms with Gasteiger partial charge in [-0.05, 0) is 53.4 Å². The highest BCUT2D eigenvalue weighted by molar-refractivity contribution is 14.0. The highest BCUT2D eigenvalue weighted by Gasteiger charge is 2.06. The Morgan fingerprint density at radius 2 is 2.12 bits per heavy atom. The number of benzene rings is 1. The molecule has 1 atom stereocenters. The SMILES string of the molecule is CCNC(=NCC(C)c1ccsc1)NCCc1cccc(OC)c1.I. The van der Waals surface area contributed by atoms with Gasteiger partial charge in [-0.3, -0.25) is 4.99 Å². The van der Waals surface area contributed by atoms with E-state index in [2.05, 4.69) is 53.4 Å². The zero-order valence-corrected chi connectivity index (χ0v) is 18.3. The Kier molecular flexibility index (Phi) is 10.6. The molecule has 0 saturated carbocycles. The predicted octanol–water partition coefficient (Wildman–Crippen LogP) is 4.28. The van der Waals surface area contributed by atoms with Crippen molar-refractivity contribution in [3.63, 3.8) is 0 Å². The Morgan fingerprint density at radius 1 is 1.28 bits per heavy atom. The normalized spacial score (nSPS) is 12.2. The van der Waals surface area contributed by atoms with Gasteiger partial charge in [0.2, 0.25) is 0 Å². The Bertz CT molecular complexity index is 631. The van der Waals surface area contributed by atoms with Gasteiger partial charge in [-0.25, -0.2) is 0 Å². The minimum Gasteiger partial charge on any atom is -0.497 e. The molecule has 0 saturated heterocycles. The number of ether oxygens (including phenoxy) is 1. The molecule has 0 fully saturated rings. The molecular weight excluding hydrogens is 445 g/mol. The summed E-state index contributed by atoms with van der Waals surface area (Å²) in [7, 11) is 1.70. The predicted molar refractivity (Wildman–Crippen MR) is 119 cm³/mol. The van der Waals surface area contributed by atoms with Crippen LogP contribution in [0.4, 0.5) is 0 Å². The Morgan fingerprint density at radius 3 is 2.80 bits per heavy atom. The van der Waals surface area contributed by atoms with Gasteiger partial charge in [0.15, 0.2) is 5.96 Å². The van der Waals surface area contributed by atoms with Crippen molar-refractivity contribution < 1.29 is 4.74 Å². The maximum Gasteiger partial charge on any atom is 0.191 e. The van der Waals surface area contributed by atoms with Crippen LogP contribution in [-0.4, -0.2) is 32.7 Å². The van der Waals surface area contributed by atoms with Crippen molar-refractivity contribution >= 4 is 41.3 Å². The molecule has 2 aromatic rings. The van der Waals surface area contributed by atoms with Crippen LogP contribution in [0.1, 0.15) is 30.9 Å². The lowest BCUT2D eigenvalue weighted by Crippen LogP contribution is -2.38. The molecule has 138 valence electrons. The van der Waals surface area contributed by atoms with Crippen LogP contribution in [-0.2, 0) is 6.42 Å². The van der Waals surface area contributed by atoms with E-state index in [1.165, 1.54) is 11.1 Å². The first-order valence-corrected chi connectivity index (χ1v) is 9.34. The molecule has 0 aliphatic rings. The number of nitrogens with zero attached hydrogens (tertiary/aromatic N) is 1. The van der Waals surface area contributed by atoms with Gasteiger partial charge in [0.1, 0.15) is 5.75 Å². The van der Waals surface area contributed by atoms with Crippen molar-refractivity contribution in [3.05, 3.63) is 52.2 Å². The molecule has 0 amide bonds. The molecule has 0 aliphatic carbocycles. The lowest BCUT2D eigenvalue weighted by atomic mass is 10.1. The number of hydrogen-bond acceptors (Lipinski definition) is 3. The fourth-order valence-corrected chi connectivity index (χ4v) is 3.17. The first-order valence-electron chi connectivity index (χ1n) is 8.40. The van der Waals surface area contributed by atoms with E-state index in [4.69, 9.17) is 9.73 Å². The minimum absolute atomic E-state index is 0. The van der Waals surface area contributed by atoms with E-state index in [0.29, 0.717) is 5.92 Å². The summed E-state index contributed by atoms with van der Waals surface area (Å²) < 4.78 is 5.27. The smallest absolute Gasteiger partial charge is 0.191 e. The third-order valence-electron chi connectivity index (χ3n) is 3.82. The Hall–Kier alpha value is -1.28. The standard InChI is InChI=1S/C19H27N3OS.HI/c1-4-20-19(22-13-15(2)17-9-11-24-14-17)21-10-8-16-6-5-7-18(12-16)23-3;/h5-7,9,11-12,14-15H,4,8,10,13H2,1-3H3,(H2,20,21,22);1H. The average molecular weight is 473 g/mol. The van der Waals surface area contributed by atoms with Crippen molar-refractivity contribution in [2.24, 2.45) is 4.99 Å². The molecule has 1 heterocycles. The van der Waals surface area contributed by atoms with Gasteiger partial charge in [0.05, 0.1) is 7.11 Å². The molecule has 0 radical (unpaired) electrons. The van der Waals surface area contributed by atoms with E-state index in [1.807, 2.05) is 12.1 Å². The van der Waals surface area contributed by atoms with Crippen molar-refractivity contribution in [1.29, 1.82) is 0 Å². The van der Waals surface area contributed by atoms with E-state index in [0.717, 1.165) is 37.8 Å². The number of methoxy groups -OCH3 is 1. The molecule has 1 aromatic carbocycles. The zero-order chi connectivity index (χ0) is 17.2. The van der Waals surface area contributed by atoms with Gasteiger partial charge in [-0.2, -0.15) is 11.3 Å². The van der Waals surface area contributed by atoms with Gasteiger partial charge >= 0.3 is 0 Å². The highest BCUT2D eigenvalue weighted by atomic mass is 127. The summed E-state index contributed by atoms with van der Waals surface area (Å²) >= 11 is 1.74. The van der Waals surface area contributed by atoms with Crippen LogP contribution in [0.15, 0.2) is 46.1 Å². The first-order chi connectivity index (χ1) is 11.7. The molecule has 6 heteroatoms. The van der Waals surface area contributed by atoms with E-state index < -0.39 is 0 Å². The van der Waals surface area contributed by atoms with Gasteiger partial charge < -0.3 is 15.4 Å². The number of halogens is 1. The third kappa shape index (κ3) is 7.64. The highest BCUT2D eigenvalue weighted by Crippen LogP contribution is 2.18. The second kappa shape index (κ2) is 12.1. The molecule has 2 rings (SSSR count). The quantitative estimate of drug-likeness (QED) is 0.342. The minimum atomic E-state index is 0. The third-order valence-corrected chi connectivity index (χ3v) is 4.52.